The highest BCUT2D eigenvalue weighted by Crippen LogP contribution is 2.06. The van der Waals surface area contributed by atoms with Crippen molar-refractivity contribution in [3.05, 3.63) is 12.1 Å². The van der Waals surface area contributed by atoms with E-state index in [-0.39, 0.29) is 5.91 Å². The van der Waals surface area contributed by atoms with E-state index in [1.807, 2.05) is 0 Å². The molecule has 1 amide bonds. The van der Waals surface area contributed by atoms with E-state index in [4.69, 9.17) is 0 Å². The Labute approximate surface area is 89.3 Å². The lowest BCUT2D eigenvalue weighted by molar-refractivity contribution is -0.115. The molecular weight excluding hydrogens is 192 g/mol. The summed E-state index contributed by atoms with van der Waals surface area (Å²) >= 11 is 0. The van der Waals surface area contributed by atoms with Crippen LogP contribution in [0.5, 0.6) is 0 Å². The molecule has 0 bridgehead atoms. The average Bonchev–Trinajstić information content (AvgIpc) is 2.28. The van der Waals surface area contributed by atoms with Crippen molar-refractivity contribution in [1.82, 2.24) is 10.2 Å². The molecule has 1 rings (SSSR count). The molecule has 0 aliphatic rings. The Balaban J connectivity index is 2.52. The van der Waals surface area contributed by atoms with Crippen molar-refractivity contribution in [2.24, 2.45) is 0 Å². The fraction of sp³-hybridized carbons (Fsp3) is 0.500. The number of nitrogens with zero attached hydrogens (tertiary/aromatic N) is 2. The molecule has 1 aromatic heterocycles. The van der Waals surface area contributed by atoms with Gasteiger partial charge >= 0.3 is 0 Å². The number of carbonyl (C=O) groups excluding carboxylic acids is 1. The molecule has 0 spiro atoms. The Bertz CT molecular complexity index is 310. The van der Waals surface area contributed by atoms with Crippen LogP contribution in [0.3, 0.4) is 0 Å². The molecule has 15 heavy (non-hydrogen) atoms. The van der Waals surface area contributed by atoms with Crippen molar-refractivity contribution in [3.8, 4) is 0 Å². The molecular formula is C10H16N4O. The third-order valence-corrected chi connectivity index (χ3v) is 1.81. The summed E-state index contributed by atoms with van der Waals surface area (Å²) in [6.45, 7) is 4.74. The zero-order chi connectivity index (χ0) is 11.1. The Hall–Kier alpha value is -1.65. The Morgan fingerprint density at radius 3 is 2.47 bits per heavy atom. The van der Waals surface area contributed by atoms with E-state index in [1.165, 1.54) is 0 Å². The molecule has 0 aromatic carbocycles. The molecule has 5 heteroatoms. The van der Waals surface area contributed by atoms with Gasteiger partial charge in [-0.1, -0.05) is 13.8 Å². The van der Waals surface area contributed by atoms with Crippen molar-refractivity contribution in [1.29, 1.82) is 0 Å². The molecule has 82 valence electrons. The second kappa shape index (κ2) is 5.95. The minimum Gasteiger partial charge on any atom is -0.369 e. The zero-order valence-electron chi connectivity index (χ0n) is 9.08. The molecule has 1 heterocycles. The average molecular weight is 208 g/mol. The Kier molecular flexibility index (Phi) is 4.53. The summed E-state index contributed by atoms with van der Waals surface area (Å²) in [6.07, 6.45) is 1.48. The molecule has 0 atom stereocenters. The number of aromatic nitrogens is 2. The normalized spacial score (nSPS) is 9.73. The van der Waals surface area contributed by atoms with Crippen LogP contribution >= 0.6 is 0 Å². The first-order chi connectivity index (χ1) is 7.26. The van der Waals surface area contributed by atoms with E-state index < -0.39 is 0 Å². The smallest absolute Gasteiger partial charge is 0.225 e. The standard InChI is InChI=1S/C10H16N4O/c1-3-7-11-8-5-6-9(14-13-8)12-10(15)4-2/h5-6H,3-4,7H2,1-2H3,(H,11,13)(H,12,14,15). The van der Waals surface area contributed by atoms with Crippen molar-refractivity contribution in [3.63, 3.8) is 0 Å². The second-order valence-corrected chi connectivity index (χ2v) is 3.13. The number of hydrogen-bond acceptors (Lipinski definition) is 4. The van der Waals surface area contributed by atoms with Crippen LogP contribution in [0.1, 0.15) is 26.7 Å². The summed E-state index contributed by atoms with van der Waals surface area (Å²) in [5, 5.41) is 13.5. The van der Waals surface area contributed by atoms with E-state index in [0.29, 0.717) is 12.2 Å². The highest BCUT2D eigenvalue weighted by molar-refractivity contribution is 5.89. The molecule has 0 aliphatic heterocycles. The molecule has 1 aromatic rings. The maximum absolute atomic E-state index is 11.0. The minimum absolute atomic E-state index is 0.0569. The van der Waals surface area contributed by atoms with E-state index in [9.17, 15) is 4.79 Å². The van der Waals surface area contributed by atoms with E-state index >= 15 is 0 Å². The summed E-state index contributed by atoms with van der Waals surface area (Å²) in [5.41, 5.74) is 0. The predicted octanol–water partition coefficient (Wildman–Crippen LogP) is 1.65. The molecule has 5 nitrogen and oxygen atoms in total. The molecule has 0 aliphatic carbocycles. The monoisotopic (exact) mass is 208 g/mol. The highest BCUT2D eigenvalue weighted by atomic mass is 16.1. The number of rotatable bonds is 5. The summed E-state index contributed by atoms with van der Waals surface area (Å²) < 4.78 is 0. The van der Waals surface area contributed by atoms with Gasteiger partial charge in [-0.2, -0.15) is 0 Å². The molecule has 0 saturated heterocycles. The predicted molar refractivity (Wildman–Crippen MR) is 59.7 cm³/mol. The maximum Gasteiger partial charge on any atom is 0.225 e. The SMILES string of the molecule is CCCNc1ccc(NC(=O)CC)nn1. The van der Waals surface area contributed by atoms with Gasteiger partial charge in [-0.25, -0.2) is 0 Å². The molecule has 0 unspecified atom stereocenters. The lowest BCUT2D eigenvalue weighted by Gasteiger charge is -2.04. The lowest BCUT2D eigenvalue weighted by atomic mass is 10.4. The fourth-order valence-corrected chi connectivity index (χ4v) is 0.978. The third-order valence-electron chi connectivity index (χ3n) is 1.81. The Morgan fingerprint density at radius 1 is 1.27 bits per heavy atom. The molecule has 0 fully saturated rings. The van der Waals surface area contributed by atoms with Crippen molar-refractivity contribution >= 4 is 17.5 Å². The van der Waals surface area contributed by atoms with Crippen LogP contribution in [0.4, 0.5) is 11.6 Å². The Morgan fingerprint density at radius 2 is 1.93 bits per heavy atom. The van der Waals surface area contributed by atoms with E-state index in [1.54, 1.807) is 19.1 Å². The number of nitrogens with one attached hydrogen (secondary N) is 2. The summed E-state index contributed by atoms with van der Waals surface area (Å²) in [5.74, 6) is 1.16. The summed E-state index contributed by atoms with van der Waals surface area (Å²) in [7, 11) is 0. The fourth-order valence-electron chi connectivity index (χ4n) is 0.978. The number of amides is 1. The van der Waals surface area contributed by atoms with Crippen LogP contribution in [0, 0.1) is 0 Å². The molecule has 0 saturated carbocycles. The van der Waals surface area contributed by atoms with Crippen LogP contribution in [0.15, 0.2) is 12.1 Å². The van der Waals surface area contributed by atoms with Crippen molar-refractivity contribution < 1.29 is 4.79 Å². The topological polar surface area (TPSA) is 66.9 Å². The highest BCUT2D eigenvalue weighted by Gasteiger charge is 2.00. The first-order valence-electron chi connectivity index (χ1n) is 5.13. The molecule has 0 radical (unpaired) electrons. The van der Waals surface area contributed by atoms with Gasteiger partial charge in [0.05, 0.1) is 0 Å². The first-order valence-corrected chi connectivity index (χ1v) is 5.13. The number of hydrogen-bond donors (Lipinski definition) is 2. The van der Waals surface area contributed by atoms with Gasteiger partial charge in [-0.15, -0.1) is 10.2 Å². The van der Waals surface area contributed by atoms with Gasteiger partial charge in [-0.05, 0) is 18.6 Å². The van der Waals surface area contributed by atoms with Crippen LogP contribution < -0.4 is 10.6 Å². The van der Waals surface area contributed by atoms with Crippen LogP contribution in [0.25, 0.3) is 0 Å². The molecule has 2 N–H and O–H groups in total. The quantitative estimate of drug-likeness (QED) is 0.772. The lowest BCUT2D eigenvalue weighted by Crippen LogP contribution is -2.11. The van der Waals surface area contributed by atoms with E-state index in [0.717, 1.165) is 18.8 Å². The number of anilines is 2. The maximum atomic E-state index is 11.0. The summed E-state index contributed by atoms with van der Waals surface area (Å²) in [6, 6.07) is 3.53. The van der Waals surface area contributed by atoms with Gasteiger partial charge < -0.3 is 10.6 Å². The van der Waals surface area contributed by atoms with Gasteiger partial charge in [0.25, 0.3) is 0 Å². The third kappa shape index (κ3) is 3.93. The van der Waals surface area contributed by atoms with Gasteiger partial charge in [0.1, 0.15) is 5.82 Å². The van der Waals surface area contributed by atoms with Crippen molar-refractivity contribution in [2.75, 3.05) is 17.2 Å². The van der Waals surface area contributed by atoms with Crippen LogP contribution in [-0.2, 0) is 4.79 Å². The number of carbonyl (C=O) groups is 1. The van der Waals surface area contributed by atoms with Gasteiger partial charge in [0.15, 0.2) is 5.82 Å². The van der Waals surface area contributed by atoms with Gasteiger partial charge in [0, 0.05) is 13.0 Å². The van der Waals surface area contributed by atoms with Crippen LogP contribution in [0.2, 0.25) is 0 Å². The summed E-state index contributed by atoms with van der Waals surface area (Å²) in [4.78, 5) is 11.0. The second-order valence-electron chi connectivity index (χ2n) is 3.13. The first kappa shape index (κ1) is 11.4. The largest absolute Gasteiger partial charge is 0.369 e. The van der Waals surface area contributed by atoms with Crippen molar-refractivity contribution in [2.45, 2.75) is 26.7 Å². The van der Waals surface area contributed by atoms with Crippen LogP contribution in [-0.4, -0.2) is 22.6 Å². The van der Waals surface area contributed by atoms with Gasteiger partial charge in [-0.3, -0.25) is 4.79 Å². The zero-order valence-corrected chi connectivity index (χ0v) is 9.08. The van der Waals surface area contributed by atoms with E-state index in [2.05, 4.69) is 27.8 Å². The van der Waals surface area contributed by atoms with Gasteiger partial charge in [0.2, 0.25) is 5.91 Å². The minimum atomic E-state index is -0.0569.